The van der Waals surface area contributed by atoms with Gasteiger partial charge in [-0.2, -0.15) is 0 Å². The van der Waals surface area contributed by atoms with E-state index in [1.807, 2.05) is 0 Å². The zero-order valence-electron chi connectivity index (χ0n) is 16.2. The Hall–Kier alpha value is -3.16. The first-order valence-corrected chi connectivity index (χ1v) is 11.1. The van der Waals surface area contributed by atoms with Gasteiger partial charge in [0.25, 0.3) is 0 Å². The summed E-state index contributed by atoms with van der Waals surface area (Å²) in [5.74, 6) is 0. The molecule has 5 aromatic rings. The van der Waals surface area contributed by atoms with Gasteiger partial charge in [0.2, 0.25) is 0 Å². The Balaban J connectivity index is 1.77. The van der Waals surface area contributed by atoms with Gasteiger partial charge in [0, 0.05) is 4.47 Å². The normalized spacial score (nSPS) is 17.6. The molecule has 0 aromatic heterocycles. The molecule has 0 radical (unpaired) electrons. The quantitative estimate of drug-likeness (QED) is 0.222. The lowest BCUT2D eigenvalue weighted by Gasteiger charge is -2.31. The summed E-state index contributed by atoms with van der Waals surface area (Å²) in [5, 5.41) is 2.62. The summed E-state index contributed by atoms with van der Waals surface area (Å²) in [4.78, 5) is 0. The lowest BCUT2D eigenvalue weighted by atomic mass is 9.70. The minimum Gasteiger partial charge on any atom is -0.0619 e. The minimum absolute atomic E-state index is 0.290. The number of hydrogen-bond acceptors (Lipinski definition) is 0. The first kappa shape index (κ1) is 16.6. The zero-order chi connectivity index (χ0) is 19.9. The largest absolute Gasteiger partial charge is 0.0736 e. The molecule has 0 amide bonds. The lowest BCUT2D eigenvalue weighted by Crippen LogP contribution is -2.26. The van der Waals surface area contributed by atoms with Gasteiger partial charge in [-0.15, -0.1) is 0 Å². The van der Waals surface area contributed by atoms with E-state index in [1.54, 1.807) is 0 Å². The number of benzene rings is 5. The Morgan fingerprint density at radius 3 is 2.03 bits per heavy atom. The van der Waals surface area contributed by atoms with Crippen LogP contribution in [0.25, 0.3) is 33.0 Å². The van der Waals surface area contributed by atoms with E-state index < -0.39 is 0 Å². The molecular weight excluding hydrogens is 428 g/mol. The monoisotopic (exact) mass is 444 g/mol. The summed E-state index contributed by atoms with van der Waals surface area (Å²) >= 11 is 3.94. The number of fused-ring (bicyclic) bond motifs is 12. The summed E-state index contributed by atoms with van der Waals surface area (Å²) in [7, 11) is 0. The molecule has 0 N–H and O–H groups in total. The SMILES string of the molecule is Brc1cccc2c1C1(c3ccccc3-2)c2ccccc2-c2c1ccc1ccccc21. The van der Waals surface area contributed by atoms with Crippen molar-refractivity contribution in [2.75, 3.05) is 0 Å². The van der Waals surface area contributed by atoms with Crippen LogP contribution >= 0.6 is 15.9 Å². The second-order valence-corrected chi connectivity index (χ2v) is 9.07. The van der Waals surface area contributed by atoms with Crippen molar-refractivity contribution < 1.29 is 0 Å². The summed E-state index contributed by atoms with van der Waals surface area (Å²) in [6, 6.07) is 38.0. The maximum absolute atomic E-state index is 3.94. The van der Waals surface area contributed by atoms with Gasteiger partial charge < -0.3 is 0 Å². The van der Waals surface area contributed by atoms with E-state index in [4.69, 9.17) is 0 Å². The zero-order valence-corrected chi connectivity index (χ0v) is 17.8. The second kappa shape index (κ2) is 5.71. The Morgan fingerprint density at radius 2 is 1.17 bits per heavy atom. The Kier molecular flexibility index (Phi) is 3.16. The van der Waals surface area contributed by atoms with Crippen molar-refractivity contribution in [2.45, 2.75) is 5.41 Å². The lowest BCUT2D eigenvalue weighted by molar-refractivity contribution is 0.790. The predicted molar refractivity (Wildman–Crippen MR) is 128 cm³/mol. The second-order valence-electron chi connectivity index (χ2n) is 8.21. The Bertz CT molecular complexity index is 1510. The van der Waals surface area contributed by atoms with Gasteiger partial charge in [0.05, 0.1) is 5.41 Å². The molecule has 1 spiro atoms. The van der Waals surface area contributed by atoms with Crippen molar-refractivity contribution in [1.29, 1.82) is 0 Å². The molecule has 0 heterocycles. The molecule has 2 aliphatic rings. The summed E-state index contributed by atoms with van der Waals surface area (Å²) in [5.41, 5.74) is 10.6. The molecule has 2 aliphatic carbocycles. The summed E-state index contributed by atoms with van der Waals surface area (Å²) < 4.78 is 1.17. The summed E-state index contributed by atoms with van der Waals surface area (Å²) in [6.07, 6.45) is 0. The Morgan fingerprint density at radius 1 is 0.500 bits per heavy atom. The van der Waals surface area contributed by atoms with Crippen LogP contribution < -0.4 is 0 Å². The van der Waals surface area contributed by atoms with E-state index in [-0.39, 0.29) is 5.41 Å². The Labute approximate surface area is 184 Å². The van der Waals surface area contributed by atoms with E-state index in [2.05, 4.69) is 119 Å². The van der Waals surface area contributed by atoms with Crippen molar-refractivity contribution in [3.8, 4) is 22.3 Å². The highest BCUT2D eigenvalue weighted by Crippen LogP contribution is 2.64. The highest BCUT2D eigenvalue weighted by molar-refractivity contribution is 9.10. The highest BCUT2D eigenvalue weighted by atomic mass is 79.9. The van der Waals surface area contributed by atoms with Crippen molar-refractivity contribution in [1.82, 2.24) is 0 Å². The number of halogens is 1. The third kappa shape index (κ3) is 1.79. The van der Waals surface area contributed by atoms with Crippen LogP contribution in [0.2, 0.25) is 0 Å². The fourth-order valence-corrected chi connectivity index (χ4v) is 6.58. The molecule has 5 aromatic carbocycles. The molecule has 1 unspecified atom stereocenters. The number of hydrogen-bond donors (Lipinski definition) is 0. The van der Waals surface area contributed by atoms with E-state index in [0.29, 0.717) is 0 Å². The average Bonchev–Trinajstić information content (AvgIpc) is 3.27. The van der Waals surface area contributed by atoms with E-state index in [0.717, 1.165) is 0 Å². The van der Waals surface area contributed by atoms with Crippen molar-refractivity contribution in [2.24, 2.45) is 0 Å². The number of rotatable bonds is 0. The van der Waals surface area contributed by atoms with Crippen molar-refractivity contribution >= 4 is 26.7 Å². The van der Waals surface area contributed by atoms with Crippen LogP contribution in [0.3, 0.4) is 0 Å². The average molecular weight is 445 g/mol. The molecule has 0 saturated carbocycles. The van der Waals surface area contributed by atoms with Crippen LogP contribution in [0.1, 0.15) is 22.3 Å². The first-order chi connectivity index (χ1) is 14.8. The molecule has 0 fully saturated rings. The molecule has 7 rings (SSSR count). The van der Waals surface area contributed by atoms with Gasteiger partial charge in [-0.25, -0.2) is 0 Å². The van der Waals surface area contributed by atoms with Gasteiger partial charge in [-0.3, -0.25) is 0 Å². The molecule has 0 nitrogen and oxygen atoms in total. The predicted octanol–water partition coefficient (Wildman–Crippen LogP) is 7.95. The fraction of sp³-hybridized carbons (Fsp3) is 0.0345. The van der Waals surface area contributed by atoms with Gasteiger partial charge >= 0.3 is 0 Å². The third-order valence-electron chi connectivity index (χ3n) is 6.94. The van der Waals surface area contributed by atoms with Gasteiger partial charge in [-0.05, 0) is 61.3 Å². The maximum atomic E-state index is 3.94. The fourth-order valence-electron chi connectivity index (χ4n) is 5.92. The molecule has 1 atom stereocenters. The van der Waals surface area contributed by atoms with E-state index in [1.165, 1.54) is 59.8 Å². The van der Waals surface area contributed by atoms with Crippen molar-refractivity contribution in [3.63, 3.8) is 0 Å². The van der Waals surface area contributed by atoms with Crippen LogP contribution in [0.5, 0.6) is 0 Å². The first-order valence-electron chi connectivity index (χ1n) is 10.3. The standard InChI is InChI=1S/C29H17Br/c30-26-15-7-12-21-20-10-3-5-13-23(20)29(28(21)26)24-14-6-4-11-22(24)27-19-9-2-1-8-18(19)16-17-25(27)29/h1-17H. The van der Waals surface area contributed by atoms with Crippen LogP contribution in [0.4, 0.5) is 0 Å². The van der Waals surface area contributed by atoms with Crippen LogP contribution in [-0.4, -0.2) is 0 Å². The minimum atomic E-state index is -0.290. The third-order valence-corrected chi connectivity index (χ3v) is 7.60. The summed E-state index contributed by atoms with van der Waals surface area (Å²) in [6.45, 7) is 0. The smallest absolute Gasteiger partial charge is 0.0619 e. The maximum Gasteiger partial charge on any atom is 0.0736 e. The highest BCUT2D eigenvalue weighted by Gasteiger charge is 2.52. The van der Waals surface area contributed by atoms with Gasteiger partial charge in [0.1, 0.15) is 0 Å². The molecular formula is C29H17Br. The van der Waals surface area contributed by atoms with Crippen LogP contribution in [-0.2, 0) is 5.41 Å². The topological polar surface area (TPSA) is 0 Å². The van der Waals surface area contributed by atoms with Gasteiger partial charge in [0.15, 0.2) is 0 Å². The van der Waals surface area contributed by atoms with Crippen LogP contribution in [0.15, 0.2) is 108 Å². The molecule has 140 valence electrons. The van der Waals surface area contributed by atoms with E-state index in [9.17, 15) is 0 Å². The molecule has 0 saturated heterocycles. The molecule has 0 aliphatic heterocycles. The molecule has 0 bridgehead atoms. The molecule has 30 heavy (non-hydrogen) atoms. The molecule has 1 heteroatoms. The van der Waals surface area contributed by atoms with Crippen molar-refractivity contribution in [3.05, 3.63) is 130 Å². The van der Waals surface area contributed by atoms with Gasteiger partial charge in [-0.1, -0.05) is 113 Å². The van der Waals surface area contributed by atoms with E-state index >= 15 is 0 Å². The van der Waals surface area contributed by atoms with Crippen LogP contribution in [0, 0.1) is 0 Å².